The minimum absolute atomic E-state index is 0.157. The molecule has 7 nitrogen and oxygen atoms in total. The van der Waals surface area contributed by atoms with Crippen molar-refractivity contribution in [2.75, 3.05) is 23.3 Å². The third-order valence-electron chi connectivity index (χ3n) is 5.36. The Morgan fingerprint density at radius 1 is 1.06 bits per heavy atom. The predicted octanol–water partition coefficient (Wildman–Crippen LogP) is 3.73. The molecule has 2 amide bonds. The molecule has 31 heavy (non-hydrogen) atoms. The van der Waals surface area contributed by atoms with Crippen LogP contribution in [0.25, 0.3) is 10.9 Å². The number of aromatic nitrogens is 2. The first kappa shape index (κ1) is 22.3. The average molecular weight is 422 g/mol. The van der Waals surface area contributed by atoms with Crippen LogP contribution >= 0.6 is 0 Å². The molecule has 1 atom stereocenters. The van der Waals surface area contributed by atoms with Crippen molar-refractivity contribution in [2.45, 2.75) is 40.2 Å². The van der Waals surface area contributed by atoms with E-state index in [1.54, 1.807) is 6.20 Å². The molecular formula is C24H31N5O2. The van der Waals surface area contributed by atoms with Crippen molar-refractivity contribution >= 4 is 34.2 Å². The Morgan fingerprint density at radius 2 is 1.81 bits per heavy atom. The zero-order valence-electron chi connectivity index (χ0n) is 18.6. The molecule has 164 valence electrons. The van der Waals surface area contributed by atoms with Gasteiger partial charge in [0.25, 0.3) is 0 Å². The van der Waals surface area contributed by atoms with E-state index in [-0.39, 0.29) is 17.7 Å². The average Bonchev–Trinajstić information content (AvgIpc) is 3.18. The highest BCUT2D eigenvalue weighted by Gasteiger charge is 2.24. The van der Waals surface area contributed by atoms with E-state index in [1.807, 2.05) is 56.4 Å². The van der Waals surface area contributed by atoms with E-state index in [2.05, 4.69) is 39.3 Å². The fraction of sp³-hybridized carbons (Fsp3) is 0.375. The SMILES string of the molecule is CCN(CC)c1ccc(NC(=O)C(Cc2c[nH]c3ccccc23)NC(=O)C(C)C)cn1. The third-order valence-corrected chi connectivity index (χ3v) is 5.36. The number of pyridine rings is 1. The lowest BCUT2D eigenvalue weighted by Crippen LogP contribution is -2.46. The highest BCUT2D eigenvalue weighted by atomic mass is 16.2. The zero-order valence-corrected chi connectivity index (χ0v) is 18.6. The highest BCUT2D eigenvalue weighted by Crippen LogP contribution is 2.20. The minimum atomic E-state index is -0.698. The zero-order chi connectivity index (χ0) is 22.4. The summed E-state index contributed by atoms with van der Waals surface area (Å²) in [4.78, 5) is 35.3. The van der Waals surface area contributed by atoms with Crippen LogP contribution in [0.3, 0.4) is 0 Å². The van der Waals surface area contributed by atoms with Crippen LogP contribution in [0, 0.1) is 5.92 Å². The van der Waals surface area contributed by atoms with Crippen molar-refractivity contribution in [2.24, 2.45) is 5.92 Å². The van der Waals surface area contributed by atoms with Crippen LogP contribution in [0.15, 0.2) is 48.8 Å². The Bertz CT molecular complexity index is 1020. The summed E-state index contributed by atoms with van der Waals surface area (Å²) in [6, 6.07) is 11.0. The topological polar surface area (TPSA) is 90.1 Å². The number of H-pyrrole nitrogens is 1. The molecular weight excluding hydrogens is 390 g/mol. The number of nitrogens with one attached hydrogen (secondary N) is 3. The van der Waals surface area contributed by atoms with Crippen LogP contribution in [0.2, 0.25) is 0 Å². The van der Waals surface area contributed by atoms with Crippen LogP contribution < -0.4 is 15.5 Å². The van der Waals surface area contributed by atoms with Crippen molar-refractivity contribution in [1.29, 1.82) is 0 Å². The quantitative estimate of drug-likeness (QED) is 0.491. The number of carbonyl (C=O) groups excluding carboxylic acids is 2. The van der Waals surface area contributed by atoms with Gasteiger partial charge >= 0.3 is 0 Å². The van der Waals surface area contributed by atoms with Gasteiger partial charge < -0.3 is 20.5 Å². The minimum Gasteiger partial charge on any atom is -0.361 e. The smallest absolute Gasteiger partial charge is 0.247 e. The Hall–Kier alpha value is -3.35. The molecule has 0 spiro atoms. The molecule has 0 radical (unpaired) electrons. The fourth-order valence-corrected chi connectivity index (χ4v) is 3.49. The molecule has 0 aliphatic heterocycles. The summed E-state index contributed by atoms with van der Waals surface area (Å²) in [6.07, 6.45) is 3.94. The number of hydrogen-bond acceptors (Lipinski definition) is 4. The molecule has 0 fully saturated rings. The van der Waals surface area contributed by atoms with Crippen molar-refractivity contribution < 1.29 is 9.59 Å². The van der Waals surface area contributed by atoms with Crippen LogP contribution in [-0.4, -0.2) is 40.9 Å². The van der Waals surface area contributed by atoms with E-state index in [1.165, 1.54) is 0 Å². The summed E-state index contributed by atoms with van der Waals surface area (Å²) in [5, 5.41) is 6.84. The number of anilines is 2. The van der Waals surface area contributed by atoms with E-state index in [9.17, 15) is 9.59 Å². The number of para-hydroxylation sites is 1. The normalized spacial score (nSPS) is 12.0. The van der Waals surface area contributed by atoms with Gasteiger partial charge in [-0.2, -0.15) is 0 Å². The number of benzene rings is 1. The second-order valence-corrected chi connectivity index (χ2v) is 7.85. The van der Waals surface area contributed by atoms with E-state index in [4.69, 9.17) is 0 Å². The predicted molar refractivity (Wildman–Crippen MR) is 125 cm³/mol. The van der Waals surface area contributed by atoms with Crippen molar-refractivity contribution in [1.82, 2.24) is 15.3 Å². The van der Waals surface area contributed by atoms with Crippen LogP contribution in [0.4, 0.5) is 11.5 Å². The monoisotopic (exact) mass is 421 g/mol. The Kier molecular flexibility index (Phi) is 7.28. The molecule has 2 aromatic heterocycles. The molecule has 0 aliphatic rings. The van der Waals surface area contributed by atoms with E-state index >= 15 is 0 Å². The molecule has 1 unspecified atom stereocenters. The molecule has 1 aromatic carbocycles. The van der Waals surface area contributed by atoms with Crippen LogP contribution in [0.1, 0.15) is 33.3 Å². The van der Waals surface area contributed by atoms with E-state index in [0.717, 1.165) is 35.4 Å². The molecule has 3 N–H and O–H groups in total. The van der Waals surface area contributed by atoms with Gasteiger partial charge in [0.15, 0.2) is 0 Å². The Morgan fingerprint density at radius 3 is 2.45 bits per heavy atom. The number of hydrogen-bond donors (Lipinski definition) is 3. The molecule has 0 bridgehead atoms. The summed E-state index contributed by atoms with van der Waals surface area (Å²) < 4.78 is 0. The van der Waals surface area contributed by atoms with Gasteiger partial charge in [0, 0.05) is 42.5 Å². The molecule has 0 saturated carbocycles. The number of nitrogens with zero attached hydrogens (tertiary/aromatic N) is 2. The van der Waals surface area contributed by atoms with Gasteiger partial charge in [-0.15, -0.1) is 0 Å². The largest absolute Gasteiger partial charge is 0.361 e. The van der Waals surface area contributed by atoms with Gasteiger partial charge in [-0.1, -0.05) is 32.0 Å². The van der Waals surface area contributed by atoms with E-state index in [0.29, 0.717) is 12.1 Å². The summed E-state index contributed by atoms with van der Waals surface area (Å²) in [5.41, 5.74) is 2.58. The van der Waals surface area contributed by atoms with Gasteiger partial charge in [0.2, 0.25) is 11.8 Å². The van der Waals surface area contributed by atoms with Crippen molar-refractivity contribution in [3.05, 3.63) is 54.4 Å². The fourth-order valence-electron chi connectivity index (χ4n) is 3.49. The number of aromatic amines is 1. The molecule has 7 heteroatoms. The first-order chi connectivity index (χ1) is 14.9. The van der Waals surface area contributed by atoms with Gasteiger partial charge in [-0.05, 0) is 37.6 Å². The van der Waals surface area contributed by atoms with Gasteiger partial charge in [0.05, 0.1) is 11.9 Å². The lowest BCUT2D eigenvalue weighted by Gasteiger charge is -2.21. The molecule has 0 saturated heterocycles. The van der Waals surface area contributed by atoms with E-state index < -0.39 is 6.04 Å². The number of rotatable bonds is 9. The summed E-state index contributed by atoms with van der Waals surface area (Å²) in [6.45, 7) is 9.51. The summed E-state index contributed by atoms with van der Waals surface area (Å²) >= 11 is 0. The maximum atomic E-state index is 13.1. The summed E-state index contributed by atoms with van der Waals surface area (Å²) in [5.74, 6) is 0.228. The standard InChI is InChI=1S/C24H31N5O2/c1-5-29(6-2)22-12-11-18(15-26-22)27-24(31)21(28-23(30)16(3)4)13-17-14-25-20-10-8-7-9-19(17)20/h7-12,14-16,21,25H,5-6,13H2,1-4H3,(H,27,31)(H,28,30). The lowest BCUT2D eigenvalue weighted by atomic mass is 10.0. The first-order valence-corrected chi connectivity index (χ1v) is 10.8. The first-order valence-electron chi connectivity index (χ1n) is 10.8. The van der Waals surface area contributed by atoms with Gasteiger partial charge in [-0.25, -0.2) is 4.98 Å². The number of fused-ring (bicyclic) bond motifs is 1. The highest BCUT2D eigenvalue weighted by molar-refractivity contribution is 5.98. The van der Waals surface area contributed by atoms with Crippen molar-refractivity contribution in [3.8, 4) is 0 Å². The lowest BCUT2D eigenvalue weighted by molar-refractivity contribution is -0.128. The second kappa shape index (κ2) is 10.1. The second-order valence-electron chi connectivity index (χ2n) is 7.85. The maximum Gasteiger partial charge on any atom is 0.247 e. The van der Waals surface area contributed by atoms with Crippen LogP contribution in [0.5, 0.6) is 0 Å². The molecule has 3 aromatic rings. The number of amides is 2. The van der Waals surface area contributed by atoms with Gasteiger partial charge in [0.1, 0.15) is 11.9 Å². The van der Waals surface area contributed by atoms with Crippen molar-refractivity contribution in [3.63, 3.8) is 0 Å². The maximum absolute atomic E-state index is 13.1. The van der Waals surface area contributed by atoms with Crippen LogP contribution in [-0.2, 0) is 16.0 Å². The number of carbonyl (C=O) groups is 2. The molecule has 3 rings (SSSR count). The summed E-state index contributed by atoms with van der Waals surface area (Å²) in [7, 11) is 0. The van der Waals surface area contributed by atoms with Gasteiger partial charge in [-0.3, -0.25) is 9.59 Å². The Balaban J connectivity index is 1.78. The third kappa shape index (κ3) is 5.42. The molecule has 2 heterocycles. The Labute approximate surface area is 183 Å². The molecule has 0 aliphatic carbocycles.